The molecule has 0 aliphatic carbocycles. The first-order chi connectivity index (χ1) is 8.03. The lowest BCUT2D eigenvalue weighted by Gasteiger charge is -2.18. The fraction of sp³-hybridized carbons (Fsp3) is 0.455. The van der Waals surface area contributed by atoms with Gasteiger partial charge in [-0.3, -0.25) is 0 Å². The van der Waals surface area contributed by atoms with Gasteiger partial charge in [0, 0.05) is 15.5 Å². The van der Waals surface area contributed by atoms with Crippen LogP contribution in [-0.2, 0) is 10.0 Å². The van der Waals surface area contributed by atoms with Gasteiger partial charge >= 0.3 is 0 Å². The van der Waals surface area contributed by atoms with Crippen LogP contribution < -0.4 is 4.72 Å². The monoisotopic (exact) mass is 399 g/mol. The number of halogens is 2. The zero-order valence-electron chi connectivity index (χ0n) is 10.3. The Bertz CT molecular complexity index is 550. The van der Waals surface area contributed by atoms with Gasteiger partial charge < -0.3 is 5.11 Å². The van der Waals surface area contributed by atoms with Crippen molar-refractivity contribution in [2.24, 2.45) is 0 Å². The van der Waals surface area contributed by atoms with Crippen LogP contribution in [0, 0.1) is 6.92 Å². The zero-order chi connectivity index (χ0) is 14.1. The Balaban J connectivity index is 3.10. The third-order valence-electron chi connectivity index (χ3n) is 2.20. The fourth-order valence-corrected chi connectivity index (χ4v) is 4.06. The van der Waals surface area contributed by atoms with Gasteiger partial charge in [0.1, 0.15) is 0 Å². The normalized spacial score (nSPS) is 12.8. The fourth-order valence-electron chi connectivity index (χ4n) is 1.18. The van der Waals surface area contributed by atoms with Crippen molar-refractivity contribution in [3.63, 3.8) is 0 Å². The lowest BCUT2D eigenvalue weighted by molar-refractivity contribution is 0.0857. The van der Waals surface area contributed by atoms with E-state index in [0.29, 0.717) is 8.95 Å². The zero-order valence-corrected chi connectivity index (χ0v) is 14.3. The number of hydrogen-bond acceptors (Lipinski definition) is 3. The number of rotatable bonds is 4. The first kappa shape index (κ1) is 16.1. The molecule has 102 valence electrons. The van der Waals surface area contributed by atoms with Gasteiger partial charge in [0.15, 0.2) is 0 Å². The summed E-state index contributed by atoms with van der Waals surface area (Å²) in [6.45, 7) is 4.90. The summed E-state index contributed by atoms with van der Waals surface area (Å²) in [5, 5.41) is 9.55. The van der Waals surface area contributed by atoms with Crippen LogP contribution in [-0.4, -0.2) is 25.7 Å². The molecular weight excluding hydrogens is 386 g/mol. The summed E-state index contributed by atoms with van der Waals surface area (Å²) >= 11 is 6.54. The number of benzene rings is 1. The van der Waals surface area contributed by atoms with Crippen molar-refractivity contribution < 1.29 is 13.5 Å². The van der Waals surface area contributed by atoms with E-state index in [1.165, 1.54) is 19.9 Å². The molecule has 0 saturated carbocycles. The summed E-state index contributed by atoms with van der Waals surface area (Å²) in [6.07, 6.45) is 0. The minimum Gasteiger partial charge on any atom is -0.389 e. The van der Waals surface area contributed by atoms with Crippen molar-refractivity contribution >= 4 is 41.9 Å². The van der Waals surface area contributed by atoms with Crippen LogP contribution in [0.3, 0.4) is 0 Å². The molecule has 0 fully saturated rings. The van der Waals surface area contributed by atoms with E-state index < -0.39 is 15.6 Å². The van der Waals surface area contributed by atoms with E-state index in [0.717, 1.165) is 5.56 Å². The molecule has 0 radical (unpaired) electrons. The summed E-state index contributed by atoms with van der Waals surface area (Å²) < 4.78 is 27.8. The van der Waals surface area contributed by atoms with Gasteiger partial charge in [0.2, 0.25) is 10.0 Å². The van der Waals surface area contributed by atoms with Gasteiger partial charge in [0.05, 0.1) is 10.5 Å². The van der Waals surface area contributed by atoms with Crippen LogP contribution in [0.5, 0.6) is 0 Å². The minimum atomic E-state index is -3.65. The van der Waals surface area contributed by atoms with Crippen LogP contribution in [0.15, 0.2) is 26.0 Å². The molecule has 0 unspecified atom stereocenters. The van der Waals surface area contributed by atoms with Gasteiger partial charge in [-0.25, -0.2) is 13.1 Å². The van der Waals surface area contributed by atoms with Crippen LogP contribution >= 0.6 is 31.9 Å². The highest BCUT2D eigenvalue weighted by Gasteiger charge is 2.22. The van der Waals surface area contributed by atoms with E-state index >= 15 is 0 Å². The summed E-state index contributed by atoms with van der Waals surface area (Å²) in [6, 6.07) is 3.26. The Morgan fingerprint density at radius 2 is 1.83 bits per heavy atom. The standard InChI is InChI=1S/C11H15Br2NO3S/c1-7-4-9(13)10(5-8(7)12)18(16,17)14-6-11(2,3)15/h4-5,14-15H,6H2,1-3H3. The molecule has 0 aliphatic rings. The molecule has 0 aliphatic heterocycles. The summed E-state index contributed by atoms with van der Waals surface area (Å²) in [5.74, 6) is 0. The second kappa shape index (κ2) is 5.58. The van der Waals surface area contributed by atoms with Crippen molar-refractivity contribution in [1.29, 1.82) is 0 Å². The Morgan fingerprint density at radius 3 is 2.33 bits per heavy atom. The second-order valence-corrected chi connectivity index (χ2v) is 8.11. The van der Waals surface area contributed by atoms with E-state index in [1.54, 1.807) is 6.07 Å². The molecule has 1 rings (SSSR count). The van der Waals surface area contributed by atoms with Crippen LogP contribution in [0.1, 0.15) is 19.4 Å². The first-order valence-electron chi connectivity index (χ1n) is 5.20. The van der Waals surface area contributed by atoms with E-state index in [1.807, 2.05) is 6.92 Å². The number of hydrogen-bond donors (Lipinski definition) is 2. The molecule has 0 heterocycles. The molecule has 0 bridgehead atoms. The van der Waals surface area contributed by atoms with Crippen molar-refractivity contribution in [2.45, 2.75) is 31.3 Å². The van der Waals surface area contributed by atoms with Crippen molar-refractivity contribution in [3.8, 4) is 0 Å². The van der Waals surface area contributed by atoms with Crippen LogP contribution in [0.4, 0.5) is 0 Å². The highest BCUT2D eigenvalue weighted by Crippen LogP contribution is 2.28. The quantitative estimate of drug-likeness (QED) is 0.816. The predicted molar refractivity (Wildman–Crippen MR) is 78.1 cm³/mol. The third kappa shape index (κ3) is 4.31. The Morgan fingerprint density at radius 1 is 1.28 bits per heavy atom. The van der Waals surface area contributed by atoms with Gasteiger partial charge in [-0.05, 0) is 54.4 Å². The Labute approximate surface area is 124 Å². The SMILES string of the molecule is Cc1cc(Br)c(S(=O)(=O)NCC(C)(C)O)cc1Br. The number of aliphatic hydroxyl groups is 1. The lowest BCUT2D eigenvalue weighted by Crippen LogP contribution is -2.38. The van der Waals surface area contributed by atoms with Gasteiger partial charge in [-0.15, -0.1) is 0 Å². The van der Waals surface area contributed by atoms with E-state index in [2.05, 4.69) is 36.6 Å². The predicted octanol–water partition coefficient (Wildman–Crippen LogP) is 2.57. The third-order valence-corrected chi connectivity index (χ3v) is 5.41. The molecule has 7 heteroatoms. The highest BCUT2D eigenvalue weighted by atomic mass is 79.9. The topological polar surface area (TPSA) is 66.4 Å². The maximum atomic E-state index is 12.1. The molecule has 1 aromatic carbocycles. The van der Waals surface area contributed by atoms with Crippen molar-refractivity contribution in [1.82, 2.24) is 4.72 Å². The van der Waals surface area contributed by atoms with Gasteiger partial charge in [-0.1, -0.05) is 15.9 Å². The molecule has 0 saturated heterocycles. The molecule has 2 N–H and O–H groups in total. The largest absolute Gasteiger partial charge is 0.389 e. The molecule has 0 aromatic heterocycles. The lowest BCUT2D eigenvalue weighted by atomic mass is 10.1. The molecule has 18 heavy (non-hydrogen) atoms. The number of aryl methyl sites for hydroxylation is 1. The molecule has 0 atom stereocenters. The molecule has 4 nitrogen and oxygen atoms in total. The van der Waals surface area contributed by atoms with Crippen molar-refractivity contribution in [3.05, 3.63) is 26.6 Å². The van der Waals surface area contributed by atoms with Gasteiger partial charge in [-0.2, -0.15) is 0 Å². The summed E-state index contributed by atoms with van der Waals surface area (Å²) in [7, 11) is -3.65. The summed E-state index contributed by atoms with van der Waals surface area (Å²) in [5.41, 5.74) is -0.162. The number of sulfonamides is 1. The van der Waals surface area contributed by atoms with Crippen molar-refractivity contribution in [2.75, 3.05) is 6.54 Å². The van der Waals surface area contributed by atoms with Gasteiger partial charge in [0.25, 0.3) is 0 Å². The average Bonchev–Trinajstić information content (AvgIpc) is 2.19. The smallest absolute Gasteiger partial charge is 0.241 e. The molecule has 1 aromatic rings. The average molecular weight is 401 g/mol. The molecule has 0 spiro atoms. The Kier molecular flexibility index (Phi) is 4.99. The van der Waals surface area contributed by atoms with E-state index in [9.17, 15) is 13.5 Å². The van der Waals surface area contributed by atoms with Crippen LogP contribution in [0.25, 0.3) is 0 Å². The Hall–Kier alpha value is 0.0500. The van der Waals surface area contributed by atoms with E-state index in [-0.39, 0.29) is 11.4 Å². The second-order valence-electron chi connectivity index (χ2n) is 4.67. The highest BCUT2D eigenvalue weighted by molar-refractivity contribution is 9.11. The first-order valence-corrected chi connectivity index (χ1v) is 8.27. The maximum absolute atomic E-state index is 12.1. The van der Waals surface area contributed by atoms with Crippen LogP contribution in [0.2, 0.25) is 0 Å². The molecule has 0 amide bonds. The maximum Gasteiger partial charge on any atom is 0.241 e. The summed E-state index contributed by atoms with van der Waals surface area (Å²) in [4.78, 5) is 0.143. The van der Waals surface area contributed by atoms with E-state index in [4.69, 9.17) is 0 Å². The molecular formula is C11H15Br2NO3S. The number of nitrogens with one attached hydrogen (secondary N) is 1. The minimum absolute atomic E-state index is 0.0483.